The molecule has 4 rings (SSSR count). The lowest BCUT2D eigenvalue weighted by Gasteiger charge is -2.34. The van der Waals surface area contributed by atoms with Gasteiger partial charge in [-0.15, -0.1) is 0 Å². The Kier molecular flexibility index (Phi) is 4.21. The second kappa shape index (κ2) is 6.81. The number of rotatable bonds is 4. The van der Waals surface area contributed by atoms with Crippen LogP contribution in [-0.4, -0.2) is 18.3 Å². The first kappa shape index (κ1) is 15.5. The van der Waals surface area contributed by atoms with E-state index in [-0.39, 0.29) is 6.04 Å². The molecule has 0 aliphatic carbocycles. The highest BCUT2D eigenvalue weighted by atomic mass is 16.5. The zero-order valence-corrected chi connectivity index (χ0v) is 14.2. The minimum Gasteiger partial charge on any atom is -0.496 e. The molecule has 0 spiro atoms. The van der Waals surface area contributed by atoms with Gasteiger partial charge in [0.1, 0.15) is 5.75 Å². The molecule has 3 aromatic rings. The van der Waals surface area contributed by atoms with E-state index in [1.54, 1.807) is 7.11 Å². The van der Waals surface area contributed by atoms with Crippen molar-refractivity contribution < 1.29 is 4.74 Å². The molecule has 0 radical (unpaired) electrons. The lowest BCUT2D eigenvalue weighted by molar-refractivity contribution is 0.342. The minimum absolute atomic E-state index is 0.139. The van der Waals surface area contributed by atoms with E-state index in [2.05, 4.69) is 64.5 Å². The molecule has 0 saturated heterocycles. The molecule has 0 amide bonds. The van der Waals surface area contributed by atoms with Crippen LogP contribution in [-0.2, 0) is 6.54 Å². The van der Waals surface area contributed by atoms with Gasteiger partial charge in [0.05, 0.1) is 25.2 Å². The van der Waals surface area contributed by atoms with Gasteiger partial charge < -0.3 is 9.64 Å². The Labute approximate surface area is 148 Å². The lowest BCUT2D eigenvalue weighted by Crippen LogP contribution is -2.30. The van der Waals surface area contributed by atoms with Crippen LogP contribution in [0.25, 0.3) is 0 Å². The predicted octanol–water partition coefficient (Wildman–Crippen LogP) is 4.96. The van der Waals surface area contributed by atoms with E-state index in [0.29, 0.717) is 0 Å². The number of hydrogen-bond donors (Lipinski definition) is 0. The van der Waals surface area contributed by atoms with Crippen molar-refractivity contribution in [3.63, 3.8) is 0 Å². The molecule has 1 aliphatic heterocycles. The van der Waals surface area contributed by atoms with Crippen LogP contribution in [0.15, 0.2) is 83.9 Å². The monoisotopic (exact) mass is 328 g/mol. The van der Waals surface area contributed by atoms with Crippen molar-refractivity contribution in [2.75, 3.05) is 7.11 Å². The first-order chi connectivity index (χ1) is 12.4. The molecule has 1 heterocycles. The van der Waals surface area contributed by atoms with Crippen LogP contribution < -0.4 is 4.74 Å². The third kappa shape index (κ3) is 3.01. The molecular formula is C22H20N2O. The molecule has 0 saturated carbocycles. The van der Waals surface area contributed by atoms with Crippen molar-refractivity contribution in [1.82, 2.24) is 4.90 Å². The van der Waals surface area contributed by atoms with Crippen LogP contribution >= 0.6 is 0 Å². The third-order valence-electron chi connectivity index (χ3n) is 4.57. The fourth-order valence-electron chi connectivity index (χ4n) is 3.39. The summed E-state index contributed by atoms with van der Waals surface area (Å²) in [7, 11) is 1.72. The number of nitrogens with zero attached hydrogens (tertiary/aromatic N) is 2. The number of methoxy groups -OCH3 is 1. The van der Waals surface area contributed by atoms with Crippen molar-refractivity contribution in [2.24, 2.45) is 4.99 Å². The van der Waals surface area contributed by atoms with Gasteiger partial charge in [0.2, 0.25) is 0 Å². The SMILES string of the molecule is COc1ccccc1CN1C=Nc2ccccc2C1c1ccccc1. The topological polar surface area (TPSA) is 24.8 Å². The van der Waals surface area contributed by atoms with Crippen LogP contribution in [0.3, 0.4) is 0 Å². The first-order valence-corrected chi connectivity index (χ1v) is 8.42. The summed E-state index contributed by atoms with van der Waals surface area (Å²) in [5.41, 5.74) is 4.67. The van der Waals surface area contributed by atoms with Crippen molar-refractivity contribution in [3.05, 3.63) is 95.6 Å². The van der Waals surface area contributed by atoms with E-state index in [4.69, 9.17) is 4.74 Å². The molecule has 3 nitrogen and oxygen atoms in total. The van der Waals surface area contributed by atoms with Crippen molar-refractivity contribution in [3.8, 4) is 5.75 Å². The third-order valence-corrected chi connectivity index (χ3v) is 4.57. The normalized spacial score (nSPS) is 15.7. The molecule has 3 aromatic carbocycles. The maximum absolute atomic E-state index is 5.53. The van der Waals surface area contributed by atoms with Gasteiger partial charge >= 0.3 is 0 Å². The minimum atomic E-state index is 0.139. The first-order valence-electron chi connectivity index (χ1n) is 8.42. The number of para-hydroxylation sites is 2. The Balaban J connectivity index is 1.76. The van der Waals surface area contributed by atoms with Crippen LogP contribution in [0.4, 0.5) is 5.69 Å². The Morgan fingerprint density at radius 3 is 2.44 bits per heavy atom. The Hall–Kier alpha value is -3.07. The summed E-state index contributed by atoms with van der Waals surface area (Å²) in [5.74, 6) is 0.904. The number of hydrogen-bond acceptors (Lipinski definition) is 3. The second-order valence-corrected chi connectivity index (χ2v) is 6.10. The van der Waals surface area contributed by atoms with Crippen LogP contribution in [0.1, 0.15) is 22.7 Å². The van der Waals surface area contributed by atoms with Gasteiger partial charge in [0.15, 0.2) is 0 Å². The van der Waals surface area contributed by atoms with E-state index in [1.165, 1.54) is 11.1 Å². The maximum atomic E-state index is 5.53. The van der Waals surface area contributed by atoms with Crippen molar-refractivity contribution in [2.45, 2.75) is 12.6 Å². The molecule has 0 fully saturated rings. The Morgan fingerprint density at radius 2 is 1.60 bits per heavy atom. The highest BCUT2D eigenvalue weighted by Crippen LogP contribution is 2.38. The molecule has 25 heavy (non-hydrogen) atoms. The second-order valence-electron chi connectivity index (χ2n) is 6.10. The summed E-state index contributed by atoms with van der Waals surface area (Å²) in [5, 5.41) is 0. The number of benzene rings is 3. The maximum Gasteiger partial charge on any atom is 0.123 e. The van der Waals surface area contributed by atoms with Crippen molar-refractivity contribution in [1.29, 1.82) is 0 Å². The Bertz CT molecular complexity index is 889. The average Bonchev–Trinajstić information content (AvgIpc) is 2.69. The summed E-state index contributed by atoms with van der Waals surface area (Å²) in [6.07, 6.45) is 1.95. The standard InChI is InChI=1S/C22H20N2O/c1-25-21-14-8-5-11-18(21)15-24-16-23-20-13-7-6-12-19(20)22(24)17-9-3-2-4-10-17/h2-14,16,22H,15H2,1H3. The van der Waals surface area contributed by atoms with Gasteiger partial charge in [-0.25, -0.2) is 4.99 Å². The molecule has 3 heteroatoms. The highest BCUT2D eigenvalue weighted by Gasteiger charge is 2.26. The number of ether oxygens (including phenoxy) is 1. The van der Waals surface area contributed by atoms with Gasteiger partial charge in [-0.05, 0) is 17.7 Å². The lowest BCUT2D eigenvalue weighted by atomic mass is 9.94. The smallest absolute Gasteiger partial charge is 0.123 e. The molecular weight excluding hydrogens is 308 g/mol. The van der Waals surface area contributed by atoms with Crippen LogP contribution in [0.5, 0.6) is 5.75 Å². The summed E-state index contributed by atoms with van der Waals surface area (Å²) in [4.78, 5) is 6.94. The average molecular weight is 328 g/mol. The largest absolute Gasteiger partial charge is 0.496 e. The fraction of sp³-hybridized carbons (Fsp3) is 0.136. The molecule has 0 aromatic heterocycles. The van der Waals surface area contributed by atoms with Gasteiger partial charge in [-0.1, -0.05) is 66.7 Å². The number of aliphatic imine (C=N–C) groups is 1. The van der Waals surface area contributed by atoms with Gasteiger partial charge in [-0.2, -0.15) is 0 Å². The quantitative estimate of drug-likeness (QED) is 0.676. The summed E-state index contributed by atoms with van der Waals surface area (Å²) in [6.45, 7) is 0.738. The summed E-state index contributed by atoms with van der Waals surface area (Å²) < 4.78 is 5.53. The molecule has 1 aliphatic rings. The van der Waals surface area contributed by atoms with E-state index in [1.807, 2.05) is 30.6 Å². The Morgan fingerprint density at radius 1 is 0.880 bits per heavy atom. The van der Waals surface area contributed by atoms with Crippen LogP contribution in [0.2, 0.25) is 0 Å². The van der Waals surface area contributed by atoms with E-state index in [0.717, 1.165) is 23.5 Å². The van der Waals surface area contributed by atoms with Gasteiger partial charge in [-0.3, -0.25) is 0 Å². The summed E-state index contributed by atoms with van der Waals surface area (Å²) >= 11 is 0. The number of fused-ring (bicyclic) bond motifs is 1. The van der Waals surface area contributed by atoms with Gasteiger partial charge in [0.25, 0.3) is 0 Å². The zero-order valence-electron chi connectivity index (χ0n) is 14.2. The molecule has 1 atom stereocenters. The zero-order chi connectivity index (χ0) is 17.1. The fourth-order valence-corrected chi connectivity index (χ4v) is 3.39. The van der Waals surface area contributed by atoms with E-state index >= 15 is 0 Å². The highest BCUT2D eigenvalue weighted by molar-refractivity contribution is 5.70. The van der Waals surface area contributed by atoms with Crippen LogP contribution in [0, 0.1) is 0 Å². The van der Waals surface area contributed by atoms with Gasteiger partial charge in [0, 0.05) is 17.7 Å². The molecule has 0 bridgehead atoms. The summed E-state index contributed by atoms with van der Waals surface area (Å²) in [6, 6.07) is 27.2. The van der Waals surface area contributed by atoms with E-state index in [9.17, 15) is 0 Å². The van der Waals surface area contributed by atoms with Crippen molar-refractivity contribution >= 4 is 12.0 Å². The molecule has 1 unspecified atom stereocenters. The van der Waals surface area contributed by atoms with E-state index < -0.39 is 0 Å². The molecule has 124 valence electrons. The molecule has 0 N–H and O–H groups in total. The predicted molar refractivity (Wildman–Crippen MR) is 101 cm³/mol.